The molecule has 1 spiro atoms. The number of nitrogens with zero attached hydrogens (tertiary/aromatic N) is 2. The van der Waals surface area contributed by atoms with Gasteiger partial charge in [-0.05, 0) is 32.1 Å². The number of aromatic nitrogens is 1. The topological polar surface area (TPSA) is 57.3 Å². The van der Waals surface area contributed by atoms with Crippen LogP contribution in [0.4, 0.5) is 5.82 Å². The van der Waals surface area contributed by atoms with E-state index in [1.54, 1.807) is 6.20 Å². The van der Waals surface area contributed by atoms with E-state index in [0.29, 0.717) is 5.56 Å². The van der Waals surface area contributed by atoms with Crippen molar-refractivity contribution in [2.24, 2.45) is 0 Å². The largest absolute Gasteiger partial charge is 0.333 e. The van der Waals surface area contributed by atoms with Gasteiger partial charge >= 0.3 is 0 Å². The van der Waals surface area contributed by atoms with Crippen molar-refractivity contribution < 1.29 is 4.79 Å². The van der Waals surface area contributed by atoms with Gasteiger partial charge in [0, 0.05) is 25.6 Å². The highest BCUT2D eigenvalue weighted by Gasteiger charge is 2.44. The Morgan fingerprint density at radius 1 is 1.29 bits per heavy atom. The van der Waals surface area contributed by atoms with Crippen LogP contribution in [-0.4, -0.2) is 36.2 Å². The predicted molar refractivity (Wildman–Crippen MR) is 91.3 cm³/mol. The third kappa shape index (κ3) is 3.37. The average Bonchev–Trinajstić information content (AvgIpc) is 2.40. The smallest absolute Gasteiger partial charge is 0.256 e. The summed E-state index contributed by atoms with van der Waals surface area (Å²) in [5.41, 5.74) is 0.432. The Morgan fingerprint density at radius 3 is 2.57 bits per heavy atom. The molecule has 3 rings (SSSR count). The Bertz CT molecular complexity index is 480. The van der Waals surface area contributed by atoms with Crippen LogP contribution in [0.1, 0.15) is 30.1 Å². The Labute approximate surface area is 143 Å². The van der Waals surface area contributed by atoms with Crippen molar-refractivity contribution in [3.05, 3.63) is 23.9 Å². The van der Waals surface area contributed by atoms with Crippen LogP contribution in [-0.2, 0) is 0 Å². The standard InChI is InChI=1S/C13H18N4O.3ClH/c1-2-17-11-10(4-3-7-15-11)12(18)16-13(17)5-8-14-9-6-13;;;/h3-4,7,14H,2,5-6,8-9H2,1H3,(H,16,18);3*1H. The van der Waals surface area contributed by atoms with Gasteiger partial charge in [-0.3, -0.25) is 4.79 Å². The first-order valence-electron chi connectivity index (χ1n) is 6.53. The molecule has 8 heteroatoms. The average molecular weight is 356 g/mol. The first-order valence-corrected chi connectivity index (χ1v) is 6.53. The Morgan fingerprint density at radius 2 is 1.95 bits per heavy atom. The van der Waals surface area contributed by atoms with Crippen LogP contribution in [0.2, 0.25) is 0 Å². The first-order chi connectivity index (χ1) is 8.77. The molecule has 1 aromatic rings. The van der Waals surface area contributed by atoms with Crippen molar-refractivity contribution in [3.63, 3.8) is 0 Å². The lowest BCUT2D eigenvalue weighted by Gasteiger charge is -2.50. The minimum absolute atomic E-state index is 0. The Hall–Kier alpha value is -0.750. The lowest BCUT2D eigenvalue weighted by atomic mass is 9.92. The lowest BCUT2D eigenvalue weighted by molar-refractivity contribution is 0.0850. The highest BCUT2D eigenvalue weighted by molar-refractivity contribution is 6.01. The monoisotopic (exact) mass is 354 g/mol. The number of piperidine rings is 1. The molecule has 21 heavy (non-hydrogen) atoms. The highest BCUT2D eigenvalue weighted by atomic mass is 35.5. The number of carbonyl (C=O) groups is 1. The molecular formula is C13H21Cl3N4O. The fourth-order valence-corrected chi connectivity index (χ4v) is 3.03. The fraction of sp³-hybridized carbons (Fsp3) is 0.538. The second-order valence-electron chi connectivity index (χ2n) is 4.85. The molecule has 0 saturated carbocycles. The summed E-state index contributed by atoms with van der Waals surface area (Å²) in [6.45, 7) is 4.82. The van der Waals surface area contributed by atoms with Crippen molar-refractivity contribution >= 4 is 48.9 Å². The molecule has 5 nitrogen and oxygen atoms in total. The van der Waals surface area contributed by atoms with E-state index in [0.717, 1.165) is 38.3 Å². The molecule has 0 radical (unpaired) electrons. The molecule has 0 atom stereocenters. The summed E-state index contributed by atoms with van der Waals surface area (Å²) in [4.78, 5) is 18.9. The van der Waals surface area contributed by atoms with Crippen molar-refractivity contribution in [2.75, 3.05) is 24.5 Å². The molecule has 0 bridgehead atoms. The number of rotatable bonds is 1. The number of anilines is 1. The summed E-state index contributed by atoms with van der Waals surface area (Å²) in [7, 11) is 0. The summed E-state index contributed by atoms with van der Waals surface area (Å²) in [6.07, 6.45) is 3.60. The number of hydrogen-bond donors (Lipinski definition) is 2. The minimum atomic E-state index is -0.252. The van der Waals surface area contributed by atoms with Crippen LogP contribution >= 0.6 is 37.2 Å². The molecule has 3 heterocycles. The number of nitrogens with one attached hydrogen (secondary N) is 2. The molecule has 1 saturated heterocycles. The van der Waals surface area contributed by atoms with Gasteiger partial charge in [0.25, 0.3) is 5.91 Å². The van der Waals surface area contributed by atoms with E-state index in [4.69, 9.17) is 0 Å². The van der Waals surface area contributed by atoms with Gasteiger partial charge in [0.05, 0.1) is 5.56 Å². The SMILES string of the molecule is CCN1c2ncccc2C(=O)NC12CCNCC2.Cl.Cl.Cl. The quantitative estimate of drug-likeness (QED) is 0.809. The normalized spacial score (nSPS) is 18.5. The van der Waals surface area contributed by atoms with Gasteiger partial charge in [-0.2, -0.15) is 0 Å². The van der Waals surface area contributed by atoms with Crippen LogP contribution in [0.5, 0.6) is 0 Å². The highest BCUT2D eigenvalue weighted by Crippen LogP contribution is 2.34. The van der Waals surface area contributed by atoms with Crippen LogP contribution in [0.3, 0.4) is 0 Å². The zero-order valence-corrected chi connectivity index (χ0v) is 14.2. The maximum absolute atomic E-state index is 12.2. The molecular weight excluding hydrogens is 335 g/mol. The van der Waals surface area contributed by atoms with Gasteiger partial charge in [-0.25, -0.2) is 4.98 Å². The minimum Gasteiger partial charge on any atom is -0.333 e. The van der Waals surface area contributed by atoms with Crippen molar-refractivity contribution in [1.29, 1.82) is 0 Å². The summed E-state index contributed by atoms with van der Waals surface area (Å²) >= 11 is 0. The Kier molecular flexibility index (Phi) is 7.75. The molecule has 2 N–H and O–H groups in total. The number of pyridine rings is 1. The first kappa shape index (κ1) is 20.2. The zero-order chi connectivity index (χ0) is 12.6. The molecule has 2 aliphatic heterocycles. The Balaban J connectivity index is 0.00000133. The van der Waals surface area contributed by atoms with Crippen LogP contribution < -0.4 is 15.5 Å². The van der Waals surface area contributed by atoms with Crippen LogP contribution in [0, 0.1) is 0 Å². The van der Waals surface area contributed by atoms with E-state index in [9.17, 15) is 4.79 Å². The van der Waals surface area contributed by atoms with E-state index in [1.165, 1.54) is 0 Å². The van der Waals surface area contributed by atoms with Crippen molar-refractivity contribution in [3.8, 4) is 0 Å². The summed E-state index contributed by atoms with van der Waals surface area (Å²) in [6, 6.07) is 3.65. The molecule has 2 aliphatic rings. The maximum atomic E-state index is 12.2. The number of hydrogen-bond acceptors (Lipinski definition) is 4. The van der Waals surface area contributed by atoms with Gasteiger partial charge in [-0.1, -0.05) is 0 Å². The van der Waals surface area contributed by atoms with E-state index < -0.39 is 0 Å². The van der Waals surface area contributed by atoms with E-state index >= 15 is 0 Å². The molecule has 120 valence electrons. The fourth-order valence-electron chi connectivity index (χ4n) is 3.03. The van der Waals surface area contributed by atoms with Gasteiger partial charge in [-0.15, -0.1) is 37.2 Å². The zero-order valence-electron chi connectivity index (χ0n) is 11.8. The number of fused-ring (bicyclic) bond motifs is 1. The molecule has 1 fully saturated rings. The molecule has 0 unspecified atom stereocenters. The summed E-state index contributed by atoms with van der Waals surface area (Å²) in [5.74, 6) is 0.829. The molecule has 1 amide bonds. The van der Waals surface area contributed by atoms with Crippen molar-refractivity contribution in [2.45, 2.75) is 25.4 Å². The van der Waals surface area contributed by atoms with Crippen LogP contribution in [0.15, 0.2) is 18.3 Å². The van der Waals surface area contributed by atoms with E-state index in [2.05, 4.69) is 27.4 Å². The summed E-state index contributed by atoms with van der Waals surface area (Å²) in [5, 5.41) is 6.54. The van der Waals surface area contributed by atoms with Gasteiger partial charge in [0.2, 0.25) is 0 Å². The lowest BCUT2D eigenvalue weighted by Crippen LogP contribution is -2.67. The number of amides is 1. The molecule has 0 aliphatic carbocycles. The van der Waals surface area contributed by atoms with Gasteiger partial charge < -0.3 is 15.5 Å². The van der Waals surface area contributed by atoms with E-state index in [1.807, 2.05) is 12.1 Å². The van der Waals surface area contributed by atoms with Gasteiger partial charge in [0.15, 0.2) is 0 Å². The maximum Gasteiger partial charge on any atom is 0.256 e. The molecule has 0 aromatic carbocycles. The van der Waals surface area contributed by atoms with E-state index in [-0.39, 0.29) is 48.8 Å². The third-order valence-corrected chi connectivity index (χ3v) is 3.90. The van der Waals surface area contributed by atoms with Crippen molar-refractivity contribution in [1.82, 2.24) is 15.6 Å². The number of halogens is 3. The second-order valence-corrected chi connectivity index (χ2v) is 4.85. The van der Waals surface area contributed by atoms with Crippen LogP contribution in [0.25, 0.3) is 0 Å². The third-order valence-electron chi connectivity index (χ3n) is 3.90. The summed E-state index contributed by atoms with van der Waals surface area (Å²) < 4.78 is 0. The molecule has 1 aromatic heterocycles. The predicted octanol–water partition coefficient (Wildman–Crippen LogP) is 2.00. The number of carbonyl (C=O) groups excluding carboxylic acids is 1. The second kappa shape index (κ2) is 8.03. The van der Waals surface area contributed by atoms with Gasteiger partial charge in [0.1, 0.15) is 11.5 Å².